The number of hydrogen-bond acceptors (Lipinski definition) is 4. The monoisotopic (exact) mass is 290 g/mol. The van der Waals surface area contributed by atoms with Gasteiger partial charge in [0.25, 0.3) is 5.91 Å². The summed E-state index contributed by atoms with van der Waals surface area (Å²) >= 11 is 1.50. The minimum absolute atomic E-state index is 0.0727. The van der Waals surface area contributed by atoms with E-state index in [1.54, 1.807) is 0 Å². The van der Waals surface area contributed by atoms with Crippen molar-refractivity contribution in [3.05, 3.63) is 46.5 Å². The maximum Gasteiger partial charge on any atom is 0.252 e. The average molecular weight is 290 g/mol. The van der Waals surface area contributed by atoms with Crippen LogP contribution in [0.4, 0.5) is 5.13 Å². The Hall–Kier alpha value is -1.72. The minimum atomic E-state index is -0.164. The highest BCUT2D eigenvalue weighted by molar-refractivity contribution is 7.15. The van der Waals surface area contributed by atoms with Gasteiger partial charge in [-0.05, 0) is 19.4 Å². The normalized spacial score (nSPS) is 10.5. The zero-order valence-electron chi connectivity index (χ0n) is 11.7. The fourth-order valence-corrected chi connectivity index (χ4v) is 2.68. The first-order valence-electron chi connectivity index (χ1n) is 6.55. The molecule has 0 radical (unpaired) electrons. The van der Waals surface area contributed by atoms with E-state index in [9.17, 15) is 4.79 Å². The summed E-state index contributed by atoms with van der Waals surface area (Å²) in [5.41, 5.74) is 2.50. The third kappa shape index (κ3) is 4.43. The molecule has 106 valence electrons. The van der Waals surface area contributed by atoms with Crippen molar-refractivity contribution in [3.63, 3.8) is 0 Å². The Bertz CT molecular complexity index is 581. The highest BCUT2D eigenvalue weighted by atomic mass is 32.1. The summed E-state index contributed by atoms with van der Waals surface area (Å²) < 4.78 is 5.05. The summed E-state index contributed by atoms with van der Waals surface area (Å²) in [6.45, 7) is 4.54. The molecule has 1 aromatic heterocycles. The lowest BCUT2D eigenvalue weighted by molar-refractivity contribution is -0.120. The number of nitrogens with zero attached hydrogens (tertiary/aromatic N) is 1. The zero-order chi connectivity index (χ0) is 14.4. The highest BCUT2D eigenvalue weighted by Gasteiger charge is 2.07. The van der Waals surface area contributed by atoms with Gasteiger partial charge in [0, 0.05) is 24.1 Å². The van der Waals surface area contributed by atoms with Gasteiger partial charge in [-0.25, -0.2) is 4.98 Å². The molecule has 0 saturated heterocycles. The molecule has 0 atom stereocenters. The first-order chi connectivity index (χ1) is 9.67. The van der Waals surface area contributed by atoms with Gasteiger partial charge in [-0.2, -0.15) is 0 Å². The number of nitrogens with one attached hydrogen (secondary N) is 1. The molecule has 0 saturated carbocycles. The van der Waals surface area contributed by atoms with Crippen molar-refractivity contribution in [3.8, 4) is 0 Å². The van der Waals surface area contributed by atoms with Crippen molar-refractivity contribution in [2.75, 3.05) is 18.5 Å². The molecule has 0 spiro atoms. The number of ether oxygens (including phenoxy) is 1. The van der Waals surface area contributed by atoms with Crippen LogP contribution in [0.25, 0.3) is 0 Å². The van der Waals surface area contributed by atoms with Crippen molar-refractivity contribution in [2.45, 2.75) is 20.3 Å². The first kappa shape index (κ1) is 14.7. The van der Waals surface area contributed by atoms with Crippen LogP contribution in [0.1, 0.15) is 22.9 Å². The van der Waals surface area contributed by atoms with Gasteiger partial charge in [-0.1, -0.05) is 29.8 Å². The molecular formula is C15H18N2O2S. The molecular weight excluding hydrogens is 272 g/mol. The van der Waals surface area contributed by atoms with E-state index in [0.29, 0.717) is 11.7 Å². The van der Waals surface area contributed by atoms with Crippen LogP contribution in [-0.4, -0.2) is 24.1 Å². The number of benzene rings is 1. The van der Waals surface area contributed by atoms with Gasteiger partial charge in [0.15, 0.2) is 5.13 Å². The molecule has 0 aliphatic heterocycles. The third-order valence-electron chi connectivity index (χ3n) is 2.70. The standard InChI is InChI=1S/C15H18N2O2S/c1-3-19-10-14(18)17-15-16-9-13(20-15)8-12-6-4-5-11(2)7-12/h4-7,9H,3,8,10H2,1-2H3,(H,16,17,18). The van der Waals surface area contributed by atoms with Gasteiger partial charge in [0.2, 0.25) is 0 Å². The molecule has 0 unspecified atom stereocenters. The second-order valence-corrected chi connectivity index (χ2v) is 5.60. The Labute approximate surface area is 122 Å². The molecule has 2 rings (SSSR count). The van der Waals surface area contributed by atoms with E-state index in [4.69, 9.17) is 4.74 Å². The molecule has 1 N–H and O–H groups in total. The number of rotatable bonds is 6. The van der Waals surface area contributed by atoms with Gasteiger partial charge < -0.3 is 4.74 Å². The fraction of sp³-hybridized carbons (Fsp3) is 0.333. The quantitative estimate of drug-likeness (QED) is 0.889. The Morgan fingerprint density at radius 3 is 3.05 bits per heavy atom. The number of amides is 1. The molecule has 0 aliphatic carbocycles. The molecule has 0 bridgehead atoms. The number of aryl methyl sites for hydroxylation is 1. The van der Waals surface area contributed by atoms with Crippen LogP contribution in [0.3, 0.4) is 0 Å². The minimum Gasteiger partial charge on any atom is -0.372 e. The van der Waals surface area contributed by atoms with Gasteiger partial charge in [0.05, 0.1) is 0 Å². The Morgan fingerprint density at radius 1 is 1.45 bits per heavy atom. The molecule has 4 nitrogen and oxygen atoms in total. The number of carbonyl (C=O) groups is 1. The third-order valence-corrected chi connectivity index (χ3v) is 3.61. The van der Waals surface area contributed by atoms with Crippen LogP contribution < -0.4 is 5.32 Å². The summed E-state index contributed by atoms with van der Waals surface area (Å²) in [4.78, 5) is 16.9. The summed E-state index contributed by atoms with van der Waals surface area (Å²) in [5.74, 6) is -0.164. The molecule has 0 aliphatic rings. The highest BCUT2D eigenvalue weighted by Crippen LogP contribution is 2.21. The zero-order valence-corrected chi connectivity index (χ0v) is 12.5. The summed E-state index contributed by atoms with van der Waals surface area (Å²) in [6, 6.07) is 8.39. The summed E-state index contributed by atoms with van der Waals surface area (Å²) in [7, 11) is 0. The molecule has 20 heavy (non-hydrogen) atoms. The average Bonchev–Trinajstić information content (AvgIpc) is 2.83. The number of hydrogen-bond donors (Lipinski definition) is 1. The van der Waals surface area contributed by atoms with Gasteiger partial charge >= 0.3 is 0 Å². The van der Waals surface area contributed by atoms with Crippen LogP contribution in [0.2, 0.25) is 0 Å². The number of aromatic nitrogens is 1. The maximum absolute atomic E-state index is 11.5. The van der Waals surface area contributed by atoms with Gasteiger partial charge in [0.1, 0.15) is 6.61 Å². The fourth-order valence-electron chi connectivity index (χ4n) is 1.82. The summed E-state index contributed by atoms with van der Waals surface area (Å²) in [6.07, 6.45) is 2.64. The number of anilines is 1. The van der Waals surface area contributed by atoms with Gasteiger partial charge in [-0.15, -0.1) is 11.3 Å². The predicted molar refractivity (Wildman–Crippen MR) is 81.2 cm³/mol. The van der Waals surface area contributed by atoms with E-state index in [-0.39, 0.29) is 12.5 Å². The van der Waals surface area contributed by atoms with Crippen LogP contribution in [0.5, 0.6) is 0 Å². The van der Waals surface area contributed by atoms with Crippen molar-refractivity contribution in [1.82, 2.24) is 4.98 Å². The number of thiazole rings is 1. The number of carbonyl (C=O) groups excluding carboxylic acids is 1. The largest absolute Gasteiger partial charge is 0.372 e. The van der Waals surface area contributed by atoms with Crippen LogP contribution in [-0.2, 0) is 16.0 Å². The van der Waals surface area contributed by atoms with E-state index in [1.807, 2.05) is 13.1 Å². The molecule has 1 amide bonds. The van der Waals surface area contributed by atoms with E-state index in [1.165, 1.54) is 22.5 Å². The van der Waals surface area contributed by atoms with Gasteiger partial charge in [-0.3, -0.25) is 10.1 Å². The second-order valence-electron chi connectivity index (χ2n) is 4.48. The van der Waals surface area contributed by atoms with Crippen molar-refractivity contribution in [1.29, 1.82) is 0 Å². The van der Waals surface area contributed by atoms with Crippen LogP contribution in [0, 0.1) is 6.92 Å². The van der Waals surface area contributed by atoms with Crippen LogP contribution >= 0.6 is 11.3 Å². The van der Waals surface area contributed by atoms with Crippen molar-refractivity contribution >= 4 is 22.4 Å². The Morgan fingerprint density at radius 2 is 2.30 bits per heavy atom. The lowest BCUT2D eigenvalue weighted by Crippen LogP contribution is -2.17. The topological polar surface area (TPSA) is 51.2 Å². The van der Waals surface area contributed by atoms with E-state index in [0.717, 1.165) is 11.3 Å². The first-order valence-corrected chi connectivity index (χ1v) is 7.37. The Kier molecular flexibility index (Phi) is 5.26. The SMILES string of the molecule is CCOCC(=O)Nc1ncc(Cc2cccc(C)c2)s1. The van der Waals surface area contributed by atoms with E-state index in [2.05, 4.69) is 41.5 Å². The van der Waals surface area contributed by atoms with Crippen LogP contribution in [0.15, 0.2) is 30.5 Å². The lowest BCUT2D eigenvalue weighted by Gasteiger charge is -2.01. The lowest BCUT2D eigenvalue weighted by atomic mass is 10.1. The molecule has 5 heteroatoms. The smallest absolute Gasteiger partial charge is 0.252 e. The molecule has 1 aromatic carbocycles. The molecule has 0 fully saturated rings. The predicted octanol–water partition coefficient (Wildman–Crippen LogP) is 3.02. The Balaban J connectivity index is 1.93. The van der Waals surface area contributed by atoms with E-state index < -0.39 is 0 Å². The second kappa shape index (κ2) is 7.17. The molecule has 1 heterocycles. The maximum atomic E-state index is 11.5. The van der Waals surface area contributed by atoms with Crippen molar-refractivity contribution < 1.29 is 9.53 Å². The molecule has 2 aromatic rings. The summed E-state index contributed by atoms with van der Waals surface area (Å²) in [5, 5.41) is 3.36. The van der Waals surface area contributed by atoms with E-state index >= 15 is 0 Å². The van der Waals surface area contributed by atoms with Crippen molar-refractivity contribution in [2.24, 2.45) is 0 Å².